The van der Waals surface area contributed by atoms with E-state index in [0.717, 1.165) is 37.9 Å². The number of piperidine rings is 1. The lowest BCUT2D eigenvalue weighted by Gasteiger charge is -2.32. The van der Waals surface area contributed by atoms with Gasteiger partial charge in [0.25, 0.3) is 0 Å². The second kappa shape index (κ2) is 7.79. The number of nitrogens with two attached hydrogens (primary N) is 1. The molecule has 1 aromatic carbocycles. The van der Waals surface area contributed by atoms with E-state index in [9.17, 15) is 9.59 Å². The molecule has 0 spiro atoms. The smallest absolute Gasteiger partial charge is 0.248 e. The van der Waals surface area contributed by atoms with Crippen LogP contribution in [-0.2, 0) is 11.2 Å². The van der Waals surface area contributed by atoms with Crippen LogP contribution in [0.5, 0.6) is 0 Å². The third kappa shape index (κ3) is 5.64. The zero-order valence-electron chi connectivity index (χ0n) is 15.0. The van der Waals surface area contributed by atoms with E-state index in [1.807, 2.05) is 39.0 Å². The van der Waals surface area contributed by atoms with E-state index in [1.165, 1.54) is 0 Å². The third-order valence-electron chi connectivity index (χ3n) is 4.38. The zero-order chi connectivity index (χ0) is 17.7. The SMILES string of the molecule is CC(C)(C)NC(=O)CN1CCC(Cc2ccccc2C(N)=O)CC1. The average Bonchev–Trinajstić information content (AvgIpc) is 2.47. The van der Waals surface area contributed by atoms with Crippen LogP contribution in [0.1, 0.15) is 49.5 Å². The summed E-state index contributed by atoms with van der Waals surface area (Å²) in [6.07, 6.45) is 2.95. The summed E-state index contributed by atoms with van der Waals surface area (Å²) >= 11 is 0. The average molecular weight is 331 g/mol. The number of likely N-dealkylation sites (tertiary alicyclic amines) is 1. The van der Waals surface area contributed by atoms with Crippen molar-refractivity contribution in [3.63, 3.8) is 0 Å². The molecule has 1 aromatic rings. The lowest BCUT2D eigenvalue weighted by molar-refractivity contribution is -0.124. The van der Waals surface area contributed by atoms with Crippen LogP contribution in [0, 0.1) is 5.92 Å². The first-order valence-electron chi connectivity index (χ1n) is 8.65. The summed E-state index contributed by atoms with van der Waals surface area (Å²) in [4.78, 5) is 25.7. The number of hydrogen-bond donors (Lipinski definition) is 2. The van der Waals surface area contributed by atoms with Crippen LogP contribution in [-0.4, -0.2) is 41.9 Å². The second-order valence-electron chi connectivity index (χ2n) is 7.74. The number of primary amides is 1. The van der Waals surface area contributed by atoms with E-state index >= 15 is 0 Å². The molecule has 132 valence electrons. The molecule has 5 nitrogen and oxygen atoms in total. The third-order valence-corrected chi connectivity index (χ3v) is 4.38. The van der Waals surface area contributed by atoms with Crippen molar-refractivity contribution in [2.75, 3.05) is 19.6 Å². The number of benzene rings is 1. The first-order valence-corrected chi connectivity index (χ1v) is 8.65. The number of carbonyl (C=O) groups excluding carboxylic acids is 2. The maximum absolute atomic E-state index is 12.0. The van der Waals surface area contributed by atoms with Crippen LogP contribution in [0.4, 0.5) is 0 Å². The van der Waals surface area contributed by atoms with Gasteiger partial charge in [-0.15, -0.1) is 0 Å². The topological polar surface area (TPSA) is 75.4 Å². The van der Waals surface area contributed by atoms with Gasteiger partial charge in [0.15, 0.2) is 0 Å². The van der Waals surface area contributed by atoms with Crippen molar-refractivity contribution in [1.29, 1.82) is 0 Å². The van der Waals surface area contributed by atoms with Crippen molar-refractivity contribution in [1.82, 2.24) is 10.2 Å². The van der Waals surface area contributed by atoms with Gasteiger partial charge >= 0.3 is 0 Å². The van der Waals surface area contributed by atoms with Crippen molar-refractivity contribution >= 4 is 11.8 Å². The number of rotatable bonds is 5. The van der Waals surface area contributed by atoms with E-state index < -0.39 is 0 Å². The number of hydrogen-bond acceptors (Lipinski definition) is 3. The maximum atomic E-state index is 12.0. The van der Waals surface area contributed by atoms with Gasteiger partial charge in [-0.1, -0.05) is 18.2 Å². The minimum absolute atomic E-state index is 0.0834. The van der Waals surface area contributed by atoms with Crippen LogP contribution in [0.15, 0.2) is 24.3 Å². The molecular weight excluding hydrogens is 302 g/mol. The summed E-state index contributed by atoms with van der Waals surface area (Å²) < 4.78 is 0. The molecule has 1 aliphatic heterocycles. The Kier molecular flexibility index (Phi) is 5.99. The molecule has 2 rings (SSSR count). The highest BCUT2D eigenvalue weighted by molar-refractivity contribution is 5.94. The van der Waals surface area contributed by atoms with E-state index in [4.69, 9.17) is 5.73 Å². The first-order chi connectivity index (χ1) is 11.2. The second-order valence-corrected chi connectivity index (χ2v) is 7.74. The fraction of sp³-hybridized carbons (Fsp3) is 0.579. The monoisotopic (exact) mass is 331 g/mol. The van der Waals surface area contributed by atoms with Crippen LogP contribution in [0.25, 0.3) is 0 Å². The van der Waals surface area contributed by atoms with Gasteiger partial charge in [-0.05, 0) is 70.7 Å². The normalized spacial score (nSPS) is 16.8. The molecule has 3 N–H and O–H groups in total. The highest BCUT2D eigenvalue weighted by Gasteiger charge is 2.23. The summed E-state index contributed by atoms with van der Waals surface area (Å²) in [5.41, 5.74) is 6.93. The summed E-state index contributed by atoms with van der Waals surface area (Å²) in [6, 6.07) is 7.58. The van der Waals surface area contributed by atoms with E-state index in [2.05, 4.69) is 10.2 Å². The van der Waals surface area contributed by atoms with Crippen LogP contribution in [0.3, 0.4) is 0 Å². The van der Waals surface area contributed by atoms with E-state index in [1.54, 1.807) is 6.07 Å². The first kappa shape index (κ1) is 18.5. The van der Waals surface area contributed by atoms with Gasteiger partial charge in [-0.2, -0.15) is 0 Å². The van der Waals surface area contributed by atoms with Crippen LogP contribution in [0.2, 0.25) is 0 Å². The van der Waals surface area contributed by atoms with Crippen molar-refractivity contribution < 1.29 is 9.59 Å². The molecule has 2 amide bonds. The summed E-state index contributed by atoms with van der Waals surface area (Å²) in [5, 5.41) is 3.01. The summed E-state index contributed by atoms with van der Waals surface area (Å²) in [7, 11) is 0. The Balaban J connectivity index is 1.83. The lowest BCUT2D eigenvalue weighted by Crippen LogP contribution is -2.47. The molecule has 0 aliphatic carbocycles. The fourth-order valence-corrected chi connectivity index (χ4v) is 3.26. The van der Waals surface area contributed by atoms with E-state index in [0.29, 0.717) is 18.0 Å². The highest BCUT2D eigenvalue weighted by atomic mass is 16.2. The lowest BCUT2D eigenvalue weighted by atomic mass is 9.88. The van der Waals surface area contributed by atoms with Gasteiger partial charge in [-0.3, -0.25) is 14.5 Å². The molecular formula is C19H29N3O2. The van der Waals surface area contributed by atoms with Gasteiger partial charge in [0.2, 0.25) is 11.8 Å². The van der Waals surface area contributed by atoms with E-state index in [-0.39, 0.29) is 17.4 Å². The van der Waals surface area contributed by atoms with Gasteiger partial charge in [0.05, 0.1) is 6.54 Å². The minimum Gasteiger partial charge on any atom is -0.366 e. The molecule has 0 bridgehead atoms. The summed E-state index contributed by atoms with van der Waals surface area (Å²) in [5.74, 6) is 0.259. The number of amides is 2. The summed E-state index contributed by atoms with van der Waals surface area (Å²) in [6.45, 7) is 8.28. The Morgan fingerprint density at radius 1 is 1.21 bits per heavy atom. The van der Waals surface area contributed by atoms with Gasteiger partial charge in [0, 0.05) is 11.1 Å². The Bertz CT molecular complexity index is 585. The van der Waals surface area contributed by atoms with Crippen LogP contribution >= 0.6 is 0 Å². The molecule has 5 heteroatoms. The molecule has 1 fully saturated rings. The molecule has 1 saturated heterocycles. The minimum atomic E-state index is -0.359. The predicted octanol–water partition coefficient (Wildman–Crippen LogP) is 1.95. The Hall–Kier alpha value is -1.88. The largest absolute Gasteiger partial charge is 0.366 e. The molecule has 0 atom stereocenters. The number of nitrogens with one attached hydrogen (secondary N) is 1. The van der Waals surface area contributed by atoms with Gasteiger partial charge in [0.1, 0.15) is 0 Å². The molecule has 0 saturated carbocycles. The molecule has 0 aromatic heterocycles. The van der Waals surface area contributed by atoms with Crippen LogP contribution < -0.4 is 11.1 Å². The quantitative estimate of drug-likeness (QED) is 0.866. The van der Waals surface area contributed by atoms with Crippen molar-refractivity contribution in [3.05, 3.63) is 35.4 Å². The molecule has 24 heavy (non-hydrogen) atoms. The standard InChI is InChI=1S/C19H29N3O2/c1-19(2,3)21-17(23)13-22-10-8-14(9-11-22)12-15-6-4-5-7-16(15)18(20)24/h4-7,14H,8-13H2,1-3H3,(H2,20,24)(H,21,23). The maximum Gasteiger partial charge on any atom is 0.248 e. The van der Waals surface area contributed by atoms with Gasteiger partial charge < -0.3 is 11.1 Å². The molecule has 0 unspecified atom stereocenters. The molecule has 1 heterocycles. The number of nitrogens with zero attached hydrogens (tertiary/aromatic N) is 1. The Morgan fingerprint density at radius 2 is 1.83 bits per heavy atom. The number of carbonyl (C=O) groups is 2. The molecule has 0 radical (unpaired) electrons. The Labute approximate surface area is 144 Å². The van der Waals surface area contributed by atoms with Gasteiger partial charge in [-0.25, -0.2) is 0 Å². The van der Waals surface area contributed by atoms with Crippen molar-refractivity contribution in [3.8, 4) is 0 Å². The fourth-order valence-electron chi connectivity index (χ4n) is 3.26. The Morgan fingerprint density at radius 3 is 2.42 bits per heavy atom. The predicted molar refractivity (Wildman–Crippen MR) is 95.7 cm³/mol. The van der Waals surface area contributed by atoms with Crippen molar-refractivity contribution in [2.24, 2.45) is 11.7 Å². The molecule has 1 aliphatic rings. The van der Waals surface area contributed by atoms with Crippen molar-refractivity contribution in [2.45, 2.75) is 45.6 Å². The highest BCUT2D eigenvalue weighted by Crippen LogP contribution is 2.23. The zero-order valence-corrected chi connectivity index (χ0v) is 15.0.